The molecule has 7 heteroatoms. The summed E-state index contributed by atoms with van der Waals surface area (Å²) in [7, 11) is 0. The SMILES string of the molecule is Cc1ccc(/C=C/C(=O)Oc2ccc(/C=C3\SC(=S)N(CC4CCCO4)C3=O)cc2)cc1. The number of thioether (sulfide) groups is 1. The maximum Gasteiger partial charge on any atom is 0.336 e. The summed E-state index contributed by atoms with van der Waals surface area (Å²) >= 11 is 6.69. The number of carbonyl (C=O) groups is 2. The van der Waals surface area contributed by atoms with Crippen molar-refractivity contribution >= 4 is 52.3 Å². The van der Waals surface area contributed by atoms with E-state index in [1.165, 1.54) is 17.8 Å². The van der Waals surface area contributed by atoms with Crippen molar-refractivity contribution in [2.45, 2.75) is 25.9 Å². The second-order valence-electron chi connectivity index (χ2n) is 7.66. The molecular formula is C25H23NO4S2. The first kappa shape index (κ1) is 22.5. The number of thiocarbonyl (C=S) groups is 1. The van der Waals surface area contributed by atoms with E-state index < -0.39 is 5.97 Å². The van der Waals surface area contributed by atoms with Gasteiger partial charge in [-0.2, -0.15) is 0 Å². The molecule has 0 N–H and O–H groups in total. The van der Waals surface area contributed by atoms with Crippen LogP contribution in [0.4, 0.5) is 0 Å². The van der Waals surface area contributed by atoms with Crippen LogP contribution in [0.1, 0.15) is 29.5 Å². The minimum Gasteiger partial charge on any atom is -0.423 e. The second kappa shape index (κ2) is 10.3. The van der Waals surface area contributed by atoms with Gasteiger partial charge in [0.25, 0.3) is 5.91 Å². The lowest BCUT2D eigenvalue weighted by Crippen LogP contribution is -2.35. The summed E-state index contributed by atoms with van der Waals surface area (Å²) in [6.07, 6.45) is 6.96. The molecule has 5 nitrogen and oxygen atoms in total. The molecule has 1 amide bonds. The van der Waals surface area contributed by atoms with E-state index >= 15 is 0 Å². The van der Waals surface area contributed by atoms with Crippen molar-refractivity contribution < 1.29 is 19.1 Å². The zero-order chi connectivity index (χ0) is 22.5. The first-order valence-corrected chi connectivity index (χ1v) is 11.6. The predicted octanol–water partition coefficient (Wildman–Crippen LogP) is 4.99. The molecule has 0 saturated carbocycles. The van der Waals surface area contributed by atoms with Gasteiger partial charge in [-0.15, -0.1) is 0 Å². The third-order valence-corrected chi connectivity index (χ3v) is 6.55. The van der Waals surface area contributed by atoms with Crippen molar-refractivity contribution in [2.24, 2.45) is 0 Å². The molecule has 2 aromatic carbocycles. The van der Waals surface area contributed by atoms with Crippen LogP contribution in [0.15, 0.2) is 59.5 Å². The molecular weight excluding hydrogens is 442 g/mol. The Labute approximate surface area is 197 Å². The number of carbonyl (C=O) groups excluding carboxylic acids is 2. The fraction of sp³-hybridized carbons (Fsp3) is 0.240. The van der Waals surface area contributed by atoms with Crippen LogP contribution in [0.25, 0.3) is 12.2 Å². The number of nitrogens with zero attached hydrogens (tertiary/aromatic N) is 1. The van der Waals surface area contributed by atoms with Gasteiger partial charge in [-0.3, -0.25) is 9.69 Å². The zero-order valence-corrected chi connectivity index (χ0v) is 19.3. The van der Waals surface area contributed by atoms with Gasteiger partial charge in [-0.1, -0.05) is 65.9 Å². The van der Waals surface area contributed by atoms with Crippen molar-refractivity contribution in [1.29, 1.82) is 0 Å². The number of ether oxygens (including phenoxy) is 2. The highest BCUT2D eigenvalue weighted by molar-refractivity contribution is 8.26. The standard InChI is InChI=1S/C25H23NO4S2/c1-17-4-6-18(7-5-17)10-13-23(27)30-20-11-8-19(9-12-20)15-22-24(28)26(25(31)32-22)16-21-3-2-14-29-21/h4-13,15,21H,2-3,14,16H2,1H3/b13-10+,22-15-. The molecule has 32 heavy (non-hydrogen) atoms. The Balaban J connectivity index is 1.35. The Kier molecular flexibility index (Phi) is 7.19. The Morgan fingerprint density at radius 2 is 1.91 bits per heavy atom. The number of benzene rings is 2. The minimum absolute atomic E-state index is 0.0610. The average Bonchev–Trinajstić information content (AvgIpc) is 3.39. The van der Waals surface area contributed by atoms with Crippen molar-refractivity contribution in [3.63, 3.8) is 0 Å². The lowest BCUT2D eigenvalue weighted by Gasteiger charge is -2.18. The quantitative estimate of drug-likeness (QED) is 0.259. The van der Waals surface area contributed by atoms with Crippen LogP contribution >= 0.6 is 24.0 Å². The van der Waals surface area contributed by atoms with Crippen molar-refractivity contribution in [3.8, 4) is 5.75 Å². The molecule has 0 bridgehead atoms. The van der Waals surface area contributed by atoms with E-state index in [9.17, 15) is 9.59 Å². The smallest absolute Gasteiger partial charge is 0.336 e. The summed E-state index contributed by atoms with van der Waals surface area (Å²) in [5.41, 5.74) is 2.92. The average molecular weight is 466 g/mol. The molecule has 2 fully saturated rings. The van der Waals surface area contributed by atoms with Crippen molar-refractivity contribution in [1.82, 2.24) is 4.90 Å². The van der Waals surface area contributed by atoms with Crippen LogP contribution in [-0.2, 0) is 14.3 Å². The van der Waals surface area contributed by atoms with Gasteiger partial charge in [0, 0.05) is 12.7 Å². The maximum absolute atomic E-state index is 12.7. The second-order valence-corrected chi connectivity index (χ2v) is 9.34. The molecule has 0 radical (unpaired) electrons. The van der Waals surface area contributed by atoms with Crippen LogP contribution in [0, 0.1) is 6.92 Å². The van der Waals surface area contributed by atoms with Crippen LogP contribution in [0.2, 0.25) is 0 Å². The zero-order valence-electron chi connectivity index (χ0n) is 17.7. The largest absolute Gasteiger partial charge is 0.423 e. The number of esters is 1. The Bertz CT molecular complexity index is 1070. The van der Waals surface area contributed by atoms with Gasteiger partial charge in [0.1, 0.15) is 10.1 Å². The number of aryl methyl sites for hydroxylation is 1. The fourth-order valence-electron chi connectivity index (χ4n) is 3.42. The molecule has 1 unspecified atom stereocenters. The van der Waals surface area contributed by atoms with Crippen molar-refractivity contribution in [2.75, 3.05) is 13.2 Å². The van der Waals surface area contributed by atoms with Crippen LogP contribution in [-0.4, -0.2) is 40.4 Å². The molecule has 2 saturated heterocycles. The Morgan fingerprint density at radius 3 is 2.59 bits per heavy atom. The molecule has 0 spiro atoms. The molecule has 1 atom stereocenters. The van der Waals surface area contributed by atoms with E-state index in [4.69, 9.17) is 21.7 Å². The van der Waals surface area contributed by atoms with E-state index in [1.807, 2.05) is 31.2 Å². The normalized spacial score (nSPS) is 20.0. The van der Waals surface area contributed by atoms with Crippen molar-refractivity contribution in [3.05, 3.63) is 76.2 Å². The Morgan fingerprint density at radius 1 is 1.19 bits per heavy atom. The van der Waals surface area contributed by atoms with Gasteiger partial charge in [-0.05, 0) is 55.2 Å². The molecule has 2 aromatic rings. The highest BCUT2D eigenvalue weighted by Gasteiger charge is 2.34. The lowest BCUT2D eigenvalue weighted by molar-refractivity contribution is -0.129. The fourth-order valence-corrected chi connectivity index (χ4v) is 4.70. The molecule has 4 rings (SSSR count). The highest BCUT2D eigenvalue weighted by Crippen LogP contribution is 2.33. The topological polar surface area (TPSA) is 55.8 Å². The first-order valence-electron chi connectivity index (χ1n) is 10.4. The molecule has 2 aliphatic heterocycles. The molecule has 0 aromatic heterocycles. The molecule has 164 valence electrons. The Hall–Kier alpha value is -2.74. The predicted molar refractivity (Wildman–Crippen MR) is 131 cm³/mol. The van der Waals surface area contributed by atoms with E-state index in [1.54, 1.807) is 41.3 Å². The number of hydrogen-bond acceptors (Lipinski definition) is 6. The van der Waals surface area contributed by atoms with Gasteiger partial charge in [0.15, 0.2) is 0 Å². The molecule has 2 aliphatic rings. The summed E-state index contributed by atoms with van der Waals surface area (Å²) in [5, 5.41) is 0. The number of amides is 1. The minimum atomic E-state index is -0.451. The van der Waals surface area contributed by atoms with E-state index in [0.29, 0.717) is 21.5 Å². The summed E-state index contributed by atoms with van der Waals surface area (Å²) < 4.78 is 11.5. The maximum atomic E-state index is 12.7. The van der Waals surface area contributed by atoms with Gasteiger partial charge < -0.3 is 9.47 Å². The van der Waals surface area contributed by atoms with E-state index in [0.717, 1.165) is 36.1 Å². The highest BCUT2D eigenvalue weighted by atomic mass is 32.2. The van der Waals surface area contributed by atoms with Crippen LogP contribution < -0.4 is 4.74 Å². The van der Waals surface area contributed by atoms with E-state index in [2.05, 4.69) is 0 Å². The third kappa shape index (κ3) is 5.73. The van der Waals surface area contributed by atoms with Crippen LogP contribution in [0.5, 0.6) is 5.75 Å². The summed E-state index contributed by atoms with van der Waals surface area (Å²) in [5.74, 6) is -0.104. The number of hydrogen-bond donors (Lipinski definition) is 0. The lowest BCUT2D eigenvalue weighted by atomic mass is 10.1. The summed E-state index contributed by atoms with van der Waals surface area (Å²) in [4.78, 5) is 27.0. The number of rotatable bonds is 6. The van der Waals surface area contributed by atoms with Gasteiger partial charge in [-0.25, -0.2) is 4.79 Å². The monoisotopic (exact) mass is 465 g/mol. The molecule has 2 heterocycles. The molecule has 0 aliphatic carbocycles. The van der Waals surface area contributed by atoms with Gasteiger partial charge >= 0.3 is 5.97 Å². The first-order chi connectivity index (χ1) is 15.5. The third-order valence-electron chi connectivity index (χ3n) is 5.17. The summed E-state index contributed by atoms with van der Waals surface area (Å²) in [6.45, 7) is 3.26. The van der Waals surface area contributed by atoms with E-state index in [-0.39, 0.29) is 12.0 Å². The summed E-state index contributed by atoms with van der Waals surface area (Å²) in [6, 6.07) is 14.9. The van der Waals surface area contributed by atoms with Crippen LogP contribution in [0.3, 0.4) is 0 Å². The van der Waals surface area contributed by atoms with Gasteiger partial charge in [0.2, 0.25) is 0 Å². The van der Waals surface area contributed by atoms with Gasteiger partial charge in [0.05, 0.1) is 17.6 Å².